The van der Waals surface area contributed by atoms with Gasteiger partial charge in [0.05, 0.1) is 24.2 Å². The minimum absolute atomic E-state index is 0.0709. The van der Waals surface area contributed by atoms with Crippen LogP contribution in [-0.2, 0) is 19.6 Å². The highest BCUT2D eigenvalue weighted by Crippen LogP contribution is 2.20. The lowest BCUT2D eigenvalue weighted by atomic mass is 10.3. The molecule has 0 spiro atoms. The van der Waals surface area contributed by atoms with Crippen molar-refractivity contribution in [1.82, 2.24) is 10.0 Å². The number of ether oxygens (including phenoxy) is 1. The normalized spacial score (nSPS) is 10.9. The summed E-state index contributed by atoms with van der Waals surface area (Å²) < 4.78 is 32.4. The van der Waals surface area contributed by atoms with E-state index in [4.69, 9.17) is 4.74 Å². The van der Waals surface area contributed by atoms with Crippen molar-refractivity contribution in [1.29, 1.82) is 0 Å². The Hall–Kier alpha value is -2.43. The predicted octanol–water partition coefficient (Wildman–Crippen LogP) is 1.88. The maximum Gasteiger partial charge on any atom is 0.243 e. The molecule has 0 saturated heterocycles. The van der Waals surface area contributed by atoms with E-state index in [0.717, 1.165) is 4.47 Å². The zero-order valence-electron chi connectivity index (χ0n) is 15.1. The first-order valence-electron chi connectivity index (χ1n) is 8.26. The molecule has 0 aromatic heterocycles. The molecule has 0 saturated carbocycles. The van der Waals surface area contributed by atoms with E-state index in [1.165, 1.54) is 31.4 Å². The van der Waals surface area contributed by atoms with Crippen LogP contribution < -0.4 is 20.1 Å². The molecule has 0 atom stereocenters. The quantitative estimate of drug-likeness (QED) is 0.518. The Labute approximate surface area is 171 Å². The van der Waals surface area contributed by atoms with Gasteiger partial charge in [-0.2, -0.15) is 0 Å². The van der Waals surface area contributed by atoms with Crippen LogP contribution in [0.25, 0.3) is 0 Å². The number of rotatable bonds is 9. The van der Waals surface area contributed by atoms with Crippen molar-refractivity contribution in [3.05, 3.63) is 53.0 Å². The predicted molar refractivity (Wildman–Crippen MR) is 109 cm³/mol. The third-order valence-electron chi connectivity index (χ3n) is 3.61. The number of hydrogen-bond donors (Lipinski definition) is 3. The van der Waals surface area contributed by atoms with Crippen molar-refractivity contribution in [2.24, 2.45) is 0 Å². The summed E-state index contributed by atoms with van der Waals surface area (Å²) in [6.07, 6.45) is -0.0995. The summed E-state index contributed by atoms with van der Waals surface area (Å²) in [5.41, 5.74) is 0.592. The number of carbonyl (C=O) groups is 2. The van der Waals surface area contributed by atoms with Crippen molar-refractivity contribution in [2.75, 3.05) is 25.5 Å². The number of halogens is 1. The minimum Gasteiger partial charge on any atom is -0.497 e. The third kappa shape index (κ3) is 6.63. The van der Waals surface area contributed by atoms with Gasteiger partial charge in [0, 0.05) is 17.4 Å². The Morgan fingerprint density at radius 2 is 1.71 bits per heavy atom. The van der Waals surface area contributed by atoms with E-state index in [9.17, 15) is 18.0 Å². The van der Waals surface area contributed by atoms with Crippen molar-refractivity contribution >= 4 is 43.5 Å². The fourth-order valence-electron chi connectivity index (χ4n) is 2.16. The van der Waals surface area contributed by atoms with Gasteiger partial charge >= 0.3 is 0 Å². The Bertz CT molecular complexity index is 932. The number of benzene rings is 2. The average Bonchev–Trinajstić information content (AvgIpc) is 2.68. The molecule has 150 valence electrons. The van der Waals surface area contributed by atoms with Crippen LogP contribution in [0.4, 0.5) is 5.69 Å². The highest BCUT2D eigenvalue weighted by Gasteiger charge is 2.14. The maximum absolute atomic E-state index is 12.2. The topological polar surface area (TPSA) is 114 Å². The lowest BCUT2D eigenvalue weighted by Gasteiger charge is -2.09. The number of anilines is 1. The van der Waals surface area contributed by atoms with Gasteiger partial charge in [0.1, 0.15) is 5.75 Å². The van der Waals surface area contributed by atoms with Crippen LogP contribution in [0.3, 0.4) is 0 Å². The average molecular weight is 470 g/mol. The van der Waals surface area contributed by atoms with Crippen molar-refractivity contribution in [3.63, 3.8) is 0 Å². The summed E-state index contributed by atoms with van der Waals surface area (Å²) in [5.74, 6) is -0.294. The maximum atomic E-state index is 12.2. The van der Waals surface area contributed by atoms with E-state index in [2.05, 4.69) is 31.3 Å². The molecule has 28 heavy (non-hydrogen) atoms. The number of amides is 2. The van der Waals surface area contributed by atoms with E-state index in [1.54, 1.807) is 18.2 Å². The van der Waals surface area contributed by atoms with E-state index in [0.29, 0.717) is 11.4 Å². The smallest absolute Gasteiger partial charge is 0.243 e. The molecule has 2 amide bonds. The van der Waals surface area contributed by atoms with Gasteiger partial charge in [-0.05, 0) is 52.3 Å². The highest BCUT2D eigenvalue weighted by atomic mass is 79.9. The Morgan fingerprint density at radius 1 is 1.04 bits per heavy atom. The van der Waals surface area contributed by atoms with Crippen LogP contribution in [0.2, 0.25) is 0 Å². The summed E-state index contributed by atoms with van der Waals surface area (Å²) in [5, 5.41) is 5.10. The van der Waals surface area contributed by atoms with E-state index in [-0.39, 0.29) is 30.3 Å². The van der Waals surface area contributed by atoms with Crippen molar-refractivity contribution in [2.45, 2.75) is 11.3 Å². The summed E-state index contributed by atoms with van der Waals surface area (Å²) >= 11 is 3.31. The Morgan fingerprint density at radius 3 is 2.36 bits per heavy atom. The molecule has 2 rings (SSSR count). The molecular weight excluding hydrogens is 450 g/mol. The molecular formula is C18H20BrN3O5S. The van der Waals surface area contributed by atoms with Gasteiger partial charge < -0.3 is 15.4 Å². The second kappa shape index (κ2) is 10.2. The van der Waals surface area contributed by atoms with Crippen LogP contribution in [0.1, 0.15) is 6.42 Å². The van der Waals surface area contributed by atoms with E-state index >= 15 is 0 Å². The van der Waals surface area contributed by atoms with Crippen molar-refractivity contribution < 1.29 is 22.7 Å². The van der Waals surface area contributed by atoms with E-state index in [1.807, 2.05) is 6.07 Å². The summed E-state index contributed by atoms with van der Waals surface area (Å²) in [6.45, 7) is -0.308. The first-order valence-corrected chi connectivity index (χ1v) is 10.5. The lowest BCUT2D eigenvalue weighted by molar-refractivity contribution is -0.124. The van der Waals surface area contributed by atoms with Gasteiger partial charge in [-0.15, -0.1) is 0 Å². The van der Waals surface area contributed by atoms with E-state index < -0.39 is 15.9 Å². The molecule has 10 heteroatoms. The monoisotopic (exact) mass is 469 g/mol. The van der Waals surface area contributed by atoms with Gasteiger partial charge in [0.15, 0.2) is 0 Å². The summed E-state index contributed by atoms with van der Waals surface area (Å²) in [6, 6.07) is 13.0. The van der Waals surface area contributed by atoms with Crippen molar-refractivity contribution in [3.8, 4) is 5.75 Å². The summed E-state index contributed by atoms with van der Waals surface area (Å²) in [4.78, 5) is 23.8. The molecule has 2 aromatic rings. The number of nitrogens with one attached hydrogen (secondary N) is 3. The first-order chi connectivity index (χ1) is 13.3. The number of para-hydroxylation sites is 1. The van der Waals surface area contributed by atoms with Crippen LogP contribution in [0.15, 0.2) is 57.9 Å². The third-order valence-corrected chi connectivity index (χ3v) is 5.78. The second-order valence-electron chi connectivity index (χ2n) is 5.63. The Kier molecular flexibility index (Phi) is 7.97. The number of carbonyl (C=O) groups excluding carboxylic acids is 2. The fraction of sp³-hybridized carbons (Fsp3) is 0.222. The molecule has 0 aliphatic rings. The molecule has 0 fully saturated rings. The fourth-order valence-corrected chi connectivity index (χ4v) is 3.58. The van der Waals surface area contributed by atoms with Gasteiger partial charge in [0.25, 0.3) is 0 Å². The molecule has 8 nitrogen and oxygen atoms in total. The second-order valence-corrected chi connectivity index (χ2v) is 8.25. The van der Waals surface area contributed by atoms with Gasteiger partial charge in [0.2, 0.25) is 21.8 Å². The molecule has 0 bridgehead atoms. The molecule has 0 heterocycles. The number of sulfonamides is 1. The minimum atomic E-state index is -3.73. The molecule has 2 aromatic carbocycles. The highest BCUT2D eigenvalue weighted by molar-refractivity contribution is 9.10. The SMILES string of the molecule is COc1ccc(S(=O)(=O)NCCC(=O)NCC(=O)Nc2ccccc2Br)cc1. The van der Waals surface area contributed by atoms with Crippen LogP contribution in [0.5, 0.6) is 5.75 Å². The first kappa shape index (κ1) is 21.9. The van der Waals surface area contributed by atoms with Gasteiger partial charge in [-0.3, -0.25) is 9.59 Å². The Balaban J connectivity index is 1.74. The zero-order valence-corrected chi connectivity index (χ0v) is 17.5. The summed E-state index contributed by atoms with van der Waals surface area (Å²) in [7, 11) is -2.24. The largest absolute Gasteiger partial charge is 0.497 e. The van der Waals surface area contributed by atoms with Crippen LogP contribution in [-0.4, -0.2) is 40.4 Å². The van der Waals surface area contributed by atoms with Gasteiger partial charge in [-0.1, -0.05) is 12.1 Å². The van der Waals surface area contributed by atoms with Gasteiger partial charge in [-0.25, -0.2) is 13.1 Å². The molecule has 3 N–H and O–H groups in total. The lowest BCUT2D eigenvalue weighted by Crippen LogP contribution is -2.35. The molecule has 0 aliphatic heterocycles. The molecule has 0 unspecified atom stereocenters. The van der Waals surface area contributed by atoms with Crippen LogP contribution >= 0.6 is 15.9 Å². The molecule has 0 radical (unpaired) electrons. The molecule has 0 aliphatic carbocycles. The van der Waals surface area contributed by atoms with Crippen LogP contribution in [0, 0.1) is 0 Å². The number of hydrogen-bond acceptors (Lipinski definition) is 5. The zero-order chi connectivity index (χ0) is 20.6. The number of methoxy groups -OCH3 is 1. The standard InChI is InChI=1S/C18H20BrN3O5S/c1-27-13-6-8-14(9-7-13)28(25,26)21-11-10-17(23)20-12-18(24)22-16-5-3-2-4-15(16)19/h2-9,21H,10-12H2,1H3,(H,20,23)(H,22,24).